The first-order valence-corrected chi connectivity index (χ1v) is 11.0. The highest BCUT2D eigenvalue weighted by molar-refractivity contribution is 5.86. The number of aryl methyl sites for hydroxylation is 2. The summed E-state index contributed by atoms with van der Waals surface area (Å²) in [6.07, 6.45) is 4.43. The number of fused-ring (bicyclic) bond motifs is 1. The Kier molecular flexibility index (Phi) is 5.34. The Balaban J connectivity index is 1.36. The summed E-state index contributed by atoms with van der Waals surface area (Å²) in [5.74, 6) is 1.98. The van der Waals surface area contributed by atoms with Crippen molar-refractivity contribution in [2.75, 3.05) is 23.7 Å². The predicted molar refractivity (Wildman–Crippen MR) is 124 cm³/mol. The molecule has 0 atom stereocenters. The molecule has 4 aromatic rings. The van der Waals surface area contributed by atoms with Crippen LogP contribution < -0.4 is 16.2 Å². The monoisotopic (exact) mass is 430 g/mol. The van der Waals surface area contributed by atoms with Gasteiger partial charge in [-0.25, -0.2) is 9.97 Å². The molecule has 0 radical (unpaired) electrons. The third-order valence-electron chi connectivity index (χ3n) is 6.18. The summed E-state index contributed by atoms with van der Waals surface area (Å²) in [4.78, 5) is 28.1. The van der Waals surface area contributed by atoms with E-state index in [4.69, 9.17) is 10.2 Å². The molecule has 1 aliphatic rings. The number of hydrogen-bond acceptors (Lipinski definition) is 7. The van der Waals surface area contributed by atoms with Crippen molar-refractivity contribution < 1.29 is 4.42 Å². The largest absolute Gasteiger partial charge is 0.460 e. The molecule has 0 amide bonds. The van der Waals surface area contributed by atoms with Crippen molar-refractivity contribution >= 4 is 22.8 Å². The van der Waals surface area contributed by atoms with Gasteiger partial charge in [-0.15, -0.1) is 0 Å². The smallest absolute Gasteiger partial charge is 0.270 e. The molecule has 0 saturated carbocycles. The van der Waals surface area contributed by atoms with E-state index in [9.17, 15) is 4.79 Å². The number of aromatic nitrogens is 4. The van der Waals surface area contributed by atoms with E-state index in [-0.39, 0.29) is 11.5 Å². The lowest BCUT2D eigenvalue weighted by Crippen LogP contribution is -2.34. The summed E-state index contributed by atoms with van der Waals surface area (Å²) >= 11 is 0. The lowest BCUT2D eigenvalue weighted by atomic mass is 9.93. The first kappa shape index (κ1) is 20.2. The van der Waals surface area contributed by atoms with Crippen LogP contribution in [0.3, 0.4) is 0 Å². The van der Waals surface area contributed by atoms with Gasteiger partial charge in [-0.3, -0.25) is 9.36 Å². The number of nitrogens with two attached hydrogens (primary N) is 1. The van der Waals surface area contributed by atoms with Crippen molar-refractivity contribution in [3.05, 3.63) is 64.8 Å². The average Bonchev–Trinajstić information content (AvgIpc) is 3.25. The molecule has 164 valence electrons. The number of nitrogen functional groups attached to an aromatic ring is 1. The van der Waals surface area contributed by atoms with Crippen molar-refractivity contribution in [1.29, 1.82) is 0 Å². The predicted octanol–water partition coefficient (Wildman–Crippen LogP) is 3.64. The van der Waals surface area contributed by atoms with Crippen molar-refractivity contribution in [2.24, 2.45) is 5.92 Å². The fourth-order valence-electron chi connectivity index (χ4n) is 4.44. The molecule has 5 rings (SSSR count). The molecule has 2 N–H and O–H groups in total. The van der Waals surface area contributed by atoms with Gasteiger partial charge in [0.2, 0.25) is 5.95 Å². The Morgan fingerprint density at radius 1 is 1.09 bits per heavy atom. The number of benzene rings is 1. The van der Waals surface area contributed by atoms with Crippen molar-refractivity contribution in [2.45, 2.75) is 32.7 Å². The molecular formula is C24H26N6O2. The molecule has 3 aromatic heterocycles. The van der Waals surface area contributed by atoms with Crippen LogP contribution in [0.25, 0.3) is 22.6 Å². The van der Waals surface area contributed by atoms with Gasteiger partial charge in [-0.05, 0) is 56.4 Å². The number of para-hydroxylation sites is 1. The number of nitrogens with zero attached hydrogens (tertiary/aromatic N) is 5. The van der Waals surface area contributed by atoms with Crippen LogP contribution in [0.1, 0.15) is 25.0 Å². The third-order valence-corrected chi connectivity index (χ3v) is 6.18. The van der Waals surface area contributed by atoms with Gasteiger partial charge >= 0.3 is 0 Å². The minimum absolute atomic E-state index is 0.0962. The first-order valence-electron chi connectivity index (χ1n) is 11.0. The maximum absolute atomic E-state index is 12.7. The summed E-state index contributed by atoms with van der Waals surface area (Å²) in [5, 5.41) is 0. The summed E-state index contributed by atoms with van der Waals surface area (Å²) in [5.41, 5.74) is 8.56. The zero-order valence-electron chi connectivity index (χ0n) is 18.1. The molecular weight excluding hydrogens is 404 g/mol. The fraction of sp³-hybridized carbons (Fsp3) is 0.333. The lowest BCUT2D eigenvalue weighted by Gasteiger charge is -2.33. The lowest BCUT2D eigenvalue weighted by molar-refractivity contribution is 0.361. The van der Waals surface area contributed by atoms with E-state index in [1.165, 1.54) is 11.9 Å². The first-order chi connectivity index (χ1) is 15.6. The summed E-state index contributed by atoms with van der Waals surface area (Å²) in [7, 11) is 0. The average molecular weight is 431 g/mol. The molecule has 0 aliphatic carbocycles. The van der Waals surface area contributed by atoms with Crippen molar-refractivity contribution in [3.8, 4) is 11.5 Å². The van der Waals surface area contributed by atoms with Crippen LogP contribution in [-0.2, 0) is 6.54 Å². The van der Waals surface area contributed by atoms with Gasteiger partial charge in [0, 0.05) is 25.3 Å². The van der Waals surface area contributed by atoms with Gasteiger partial charge in [0.25, 0.3) is 5.56 Å². The Labute approximate surface area is 185 Å². The van der Waals surface area contributed by atoms with Crippen LogP contribution in [0.15, 0.2) is 57.9 Å². The number of furan rings is 1. The van der Waals surface area contributed by atoms with E-state index in [0.29, 0.717) is 35.1 Å². The maximum Gasteiger partial charge on any atom is 0.270 e. The topological polar surface area (TPSA) is 103 Å². The zero-order valence-corrected chi connectivity index (χ0v) is 18.1. The van der Waals surface area contributed by atoms with Gasteiger partial charge < -0.3 is 15.1 Å². The Bertz CT molecular complexity index is 1290. The fourth-order valence-corrected chi connectivity index (χ4v) is 4.44. The second kappa shape index (κ2) is 8.45. The van der Waals surface area contributed by atoms with E-state index in [0.717, 1.165) is 38.1 Å². The molecule has 1 aromatic carbocycles. The van der Waals surface area contributed by atoms with Crippen LogP contribution in [0.4, 0.5) is 11.6 Å². The van der Waals surface area contributed by atoms with Crippen LogP contribution >= 0.6 is 0 Å². The summed E-state index contributed by atoms with van der Waals surface area (Å²) in [6.45, 7) is 4.49. The number of piperidine rings is 1. The maximum atomic E-state index is 12.7. The molecule has 0 unspecified atom stereocenters. The van der Waals surface area contributed by atoms with Gasteiger partial charge in [0.05, 0.1) is 6.20 Å². The zero-order chi connectivity index (χ0) is 22.1. The standard InChI is InChI=1S/C24H26N6O2/c1-16-7-8-19(32-16)21-22-23(28-24(25)27-21)30(20(31)15-26-22)14-11-17-9-12-29(13-10-17)18-5-3-2-4-6-18/h2-8,15,17H,9-14H2,1H3,(H2,25,27,28). The number of rotatable bonds is 5. The second-order valence-corrected chi connectivity index (χ2v) is 8.32. The van der Waals surface area contributed by atoms with E-state index in [2.05, 4.69) is 44.1 Å². The molecule has 4 heterocycles. The van der Waals surface area contributed by atoms with Crippen LogP contribution in [0.2, 0.25) is 0 Å². The van der Waals surface area contributed by atoms with E-state index < -0.39 is 0 Å². The molecule has 8 heteroatoms. The molecule has 8 nitrogen and oxygen atoms in total. The minimum Gasteiger partial charge on any atom is -0.460 e. The Morgan fingerprint density at radius 3 is 2.59 bits per heavy atom. The normalized spacial score (nSPS) is 14.8. The summed E-state index contributed by atoms with van der Waals surface area (Å²) < 4.78 is 7.40. The third kappa shape index (κ3) is 3.95. The molecule has 0 bridgehead atoms. The molecule has 1 fully saturated rings. The number of hydrogen-bond donors (Lipinski definition) is 1. The Hall–Kier alpha value is -3.68. The number of anilines is 2. The summed E-state index contributed by atoms with van der Waals surface area (Å²) in [6, 6.07) is 14.2. The second-order valence-electron chi connectivity index (χ2n) is 8.32. The van der Waals surface area contributed by atoms with Gasteiger partial charge in [-0.1, -0.05) is 18.2 Å². The van der Waals surface area contributed by atoms with Crippen molar-refractivity contribution in [3.63, 3.8) is 0 Å². The highest BCUT2D eigenvalue weighted by atomic mass is 16.3. The van der Waals surface area contributed by atoms with Gasteiger partial charge in [-0.2, -0.15) is 4.98 Å². The van der Waals surface area contributed by atoms with E-state index >= 15 is 0 Å². The SMILES string of the molecule is Cc1ccc(-c2nc(N)nc3c2ncc(=O)n3CCC2CCN(c3ccccc3)CC2)o1. The van der Waals surface area contributed by atoms with Gasteiger partial charge in [0.15, 0.2) is 11.4 Å². The van der Waals surface area contributed by atoms with Crippen LogP contribution in [0.5, 0.6) is 0 Å². The van der Waals surface area contributed by atoms with E-state index in [1.807, 2.05) is 25.1 Å². The Morgan fingerprint density at radius 2 is 1.88 bits per heavy atom. The molecule has 1 aliphatic heterocycles. The van der Waals surface area contributed by atoms with Crippen LogP contribution in [-0.4, -0.2) is 32.6 Å². The quantitative estimate of drug-likeness (QED) is 0.515. The molecule has 1 saturated heterocycles. The van der Waals surface area contributed by atoms with Gasteiger partial charge in [0.1, 0.15) is 17.0 Å². The minimum atomic E-state index is -0.182. The highest BCUT2D eigenvalue weighted by Crippen LogP contribution is 2.28. The van der Waals surface area contributed by atoms with Crippen LogP contribution in [0, 0.1) is 12.8 Å². The highest BCUT2D eigenvalue weighted by Gasteiger charge is 2.21. The van der Waals surface area contributed by atoms with E-state index in [1.54, 1.807) is 4.57 Å². The molecule has 32 heavy (non-hydrogen) atoms. The van der Waals surface area contributed by atoms with Crippen molar-refractivity contribution in [1.82, 2.24) is 19.5 Å². The molecule has 0 spiro atoms.